The van der Waals surface area contributed by atoms with Gasteiger partial charge >= 0.3 is 12.1 Å². The second kappa shape index (κ2) is 10.5. The number of likely N-dealkylation sites (tertiary alicyclic amines) is 1. The van der Waals surface area contributed by atoms with E-state index in [1.54, 1.807) is 17.0 Å². The Morgan fingerprint density at radius 1 is 1.25 bits per heavy atom. The number of carbonyl (C=O) groups is 3. The van der Waals surface area contributed by atoms with Gasteiger partial charge in [-0.1, -0.05) is 50.2 Å². The van der Waals surface area contributed by atoms with E-state index in [9.17, 15) is 18.8 Å². The lowest BCUT2D eigenvalue weighted by atomic mass is 9.80. The minimum atomic E-state index is -0.962. The molecular formula is C27H31FN4O4. The number of aldehydes is 1. The normalized spacial score (nSPS) is 22.5. The van der Waals surface area contributed by atoms with Gasteiger partial charge in [0.2, 0.25) is 0 Å². The van der Waals surface area contributed by atoms with Crippen LogP contribution in [0.25, 0.3) is 0 Å². The number of nitrogens with zero attached hydrogens (tertiary/aromatic N) is 3. The van der Waals surface area contributed by atoms with Crippen LogP contribution in [0.1, 0.15) is 39.2 Å². The molecule has 1 fully saturated rings. The summed E-state index contributed by atoms with van der Waals surface area (Å²) in [7, 11) is 0. The average Bonchev–Trinajstić information content (AvgIpc) is 3.11. The summed E-state index contributed by atoms with van der Waals surface area (Å²) in [5, 5.41) is 3.17. The van der Waals surface area contributed by atoms with Crippen molar-refractivity contribution in [1.82, 2.24) is 10.2 Å². The summed E-state index contributed by atoms with van der Waals surface area (Å²) < 4.78 is 19.7. The smallest absolute Gasteiger partial charge is 0.410 e. The first-order valence-corrected chi connectivity index (χ1v) is 12.1. The Morgan fingerprint density at radius 3 is 2.64 bits per heavy atom. The molecular weight excluding hydrogens is 463 g/mol. The van der Waals surface area contributed by atoms with E-state index in [2.05, 4.69) is 10.3 Å². The highest BCUT2D eigenvalue weighted by atomic mass is 19.1. The predicted octanol–water partition coefficient (Wildman–Crippen LogP) is 4.54. The molecule has 0 radical (unpaired) electrons. The maximum Gasteiger partial charge on any atom is 0.410 e. The number of nitrogens with one attached hydrogen (secondary N) is 1. The molecule has 4 rings (SSSR count). The molecule has 2 heterocycles. The Bertz CT molecular complexity index is 1160. The van der Waals surface area contributed by atoms with Crippen molar-refractivity contribution < 1.29 is 23.5 Å². The van der Waals surface area contributed by atoms with Crippen molar-refractivity contribution in [3.63, 3.8) is 0 Å². The maximum absolute atomic E-state index is 14.1. The van der Waals surface area contributed by atoms with Crippen molar-refractivity contribution in [2.75, 3.05) is 11.4 Å². The van der Waals surface area contributed by atoms with Crippen LogP contribution in [0.15, 0.2) is 59.6 Å². The van der Waals surface area contributed by atoms with Gasteiger partial charge in [0, 0.05) is 18.3 Å². The quantitative estimate of drug-likeness (QED) is 0.596. The zero-order chi connectivity index (χ0) is 25.9. The summed E-state index contributed by atoms with van der Waals surface area (Å²) in [6, 6.07) is 13.8. The summed E-state index contributed by atoms with van der Waals surface area (Å²) in [6.45, 7) is 6.13. The molecule has 36 heavy (non-hydrogen) atoms. The predicted molar refractivity (Wildman–Crippen MR) is 134 cm³/mol. The number of halogens is 1. The number of benzene rings is 2. The van der Waals surface area contributed by atoms with Gasteiger partial charge in [0.05, 0.1) is 6.04 Å². The topological polar surface area (TPSA) is 91.3 Å². The first kappa shape index (κ1) is 25.3. The number of anilines is 1. The zero-order valence-electron chi connectivity index (χ0n) is 20.7. The van der Waals surface area contributed by atoms with Gasteiger partial charge in [0.15, 0.2) is 0 Å². The van der Waals surface area contributed by atoms with Gasteiger partial charge in [0.1, 0.15) is 30.1 Å². The molecule has 1 saturated heterocycles. The Balaban J connectivity index is 1.60. The fourth-order valence-corrected chi connectivity index (χ4v) is 4.91. The molecule has 0 bridgehead atoms. The number of carbonyl (C=O) groups excluding carboxylic acids is 3. The fourth-order valence-electron chi connectivity index (χ4n) is 4.91. The van der Waals surface area contributed by atoms with Crippen molar-refractivity contribution in [3.05, 3.63) is 66.0 Å². The molecule has 0 aromatic heterocycles. The minimum absolute atomic E-state index is 0.0361. The minimum Gasteiger partial charge on any atom is -0.445 e. The van der Waals surface area contributed by atoms with Crippen LogP contribution < -0.4 is 10.2 Å². The lowest BCUT2D eigenvalue weighted by Crippen LogP contribution is -2.64. The zero-order valence-corrected chi connectivity index (χ0v) is 20.7. The molecule has 0 saturated carbocycles. The molecule has 190 valence electrons. The van der Waals surface area contributed by atoms with Crippen molar-refractivity contribution in [2.24, 2.45) is 10.9 Å². The monoisotopic (exact) mass is 494 g/mol. The number of piperidine rings is 1. The van der Waals surface area contributed by atoms with Crippen LogP contribution in [-0.2, 0) is 16.1 Å². The summed E-state index contributed by atoms with van der Waals surface area (Å²) >= 11 is 0. The summed E-state index contributed by atoms with van der Waals surface area (Å²) in [5.41, 5.74) is 0.300. The van der Waals surface area contributed by atoms with Crippen LogP contribution in [0.3, 0.4) is 0 Å². The molecule has 0 aliphatic carbocycles. The molecule has 3 atom stereocenters. The Morgan fingerprint density at radius 2 is 2.00 bits per heavy atom. The first-order valence-electron chi connectivity index (χ1n) is 12.1. The van der Waals surface area contributed by atoms with Gasteiger partial charge in [-0.05, 0) is 49.4 Å². The van der Waals surface area contributed by atoms with E-state index in [0.717, 1.165) is 11.8 Å². The molecule has 1 N–H and O–H groups in total. The number of amidine groups is 1. The van der Waals surface area contributed by atoms with Gasteiger partial charge in [-0.2, -0.15) is 4.99 Å². The van der Waals surface area contributed by atoms with Gasteiger partial charge in [0.25, 0.3) is 0 Å². The van der Waals surface area contributed by atoms with Crippen molar-refractivity contribution in [3.8, 4) is 0 Å². The molecule has 2 aliphatic heterocycles. The number of ether oxygens (including phenoxy) is 1. The van der Waals surface area contributed by atoms with Crippen LogP contribution in [0, 0.1) is 11.7 Å². The van der Waals surface area contributed by atoms with E-state index < -0.39 is 29.5 Å². The largest absolute Gasteiger partial charge is 0.445 e. The molecule has 3 amide bonds. The average molecular weight is 495 g/mol. The molecule has 3 unspecified atom stereocenters. The number of hydrogen-bond acceptors (Lipinski definition) is 5. The third kappa shape index (κ3) is 4.96. The van der Waals surface area contributed by atoms with Crippen LogP contribution in [-0.4, -0.2) is 53.3 Å². The summed E-state index contributed by atoms with van der Waals surface area (Å²) in [5.74, 6) is -0.141. The van der Waals surface area contributed by atoms with E-state index in [1.807, 2.05) is 51.1 Å². The molecule has 2 aromatic carbocycles. The lowest BCUT2D eigenvalue weighted by Gasteiger charge is -2.48. The van der Waals surface area contributed by atoms with Crippen molar-refractivity contribution in [2.45, 2.75) is 57.8 Å². The fraction of sp³-hybridized carbons (Fsp3) is 0.407. The van der Waals surface area contributed by atoms with Crippen LogP contribution in [0.5, 0.6) is 0 Å². The molecule has 1 spiro atoms. The third-order valence-electron chi connectivity index (χ3n) is 6.87. The number of rotatable bonds is 6. The molecule has 2 aliphatic rings. The second-order valence-corrected chi connectivity index (χ2v) is 9.68. The highest BCUT2D eigenvalue weighted by molar-refractivity contribution is 6.16. The Kier molecular flexibility index (Phi) is 7.37. The Labute approximate surface area is 210 Å². The number of urea groups is 1. The van der Waals surface area contributed by atoms with Crippen molar-refractivity contribution in [1.29, 1.82) is 0 Å². The standard InChI is InChI=1S/C27H31FN4O4/c1-18(2)23(16-33)29-24-27(32(25(34)30-24)22-11-7-10-21(28)14-22)12-13-31(19(3)15-27)26(35)36-17-20-8-5-4-6-9-20/h4-11,14,16,18-19,23H,12-13,15,17H2,1-3H3,(H,29,30,34). The number of amides is 3. The summed E-state index contributed by atoms with van der Waals surface area (Å²) in [6.07, 6.45) is 1.04. The van der Waals surface area contributed by atoms with Gasteiger partial charge in [-0.25, -0.2) is 14.0 Å². The van der Waals surface area contributed by atoms with Crippen LogP contribution in [0.4, 0.5) is 19.7 Å². The first-order chi connectivity index (χ1) is 17.2. The lowest BCUT2D eigenvalue weighted by molar-refractivity contribution is -0.110. The second-order valence-electron chi connectivity index (χ2n) is 9.68. The Hall–Kier alpha value is -3.75. The van der Waals surface area contributed by atoms with Gasteiger partial charge < -0.3 is 19.7 Å². The highest BCUT2D eigenvalue weighted by Crippen LogP contribution is 2.41. The van der Waals surface area contributed by atoms with E-state index in [0.29, 0.717) is 30.9 Å². The van der Waals surface area contributed by atoms with Gasteiger partial charge in [-0.3, -0.25) is 4.90 Å². The van der Waals surface area contributed by atoms with Crippen molar-refractivity contribution >= 4 is 29.9 Å². The molecule has 2 aromatic rings. The third-order valence-corrected chi connectivity index (χ3v) is 6.87. The van der Waals surface area contributed by atoms with E-state index >= 15 is 0 Å². The maximum atomic E-state index is 14.1. The number of hydrogen-bond donors (Lipinski definition) is 1. The molecule has 8 nitrogen and oxygen atoms in total. The van der Waals surface area contributed by atoms with Crippen LogP contribution in [0.2, 0.25) is 0 Å². The van der Waals surface area contributed by atoms with Crippen LogP contribution >= 0.6 is 0 Å². The highest BCUT2D eigenvalue weighted by Gasteiger charge is 2.54. The van der Waals surface area contributed by atoms with E-state index in [-0.39, 0.29) is 18.6 Å². The number of aliphatic imine (C=N–C) groups is 1. The van der Waals surface area contributed by atoms with E-state index in [1.165, 1.54) is 17.0 Å². The molecule has 9 heteroatoms. The van der Waals surface area contributed by atoms with Gasteiger partial charge in [-0.15, -0.1) is 0 Å². The van der Waals surface area contributed by atoms with E-state index in [4.69, 9.17) is 4.74 Å². The summed E-state index contributed by atoms with van der Waals surface area (Å²) in [4.78, 5) is 45.2. The SMILES string of the molecule is CC(C)C(C=O)NC1=NC(=O)N(c2cccc(F)c2)C12CCN(C(=O)OCc1ccccc1)C(C)C2.